The number of aromatic amines is 1. The van der Waals surface area contributed by atoms with Crippen molar-refractivity contribution in [2.75, 3.05) is 0 Å². The first-order valence-corrected chi connectivity index (χ1v) is 4.59. The lowest BCUT2D eigenvalue weighted by Gasteiger charge is -2.02. The third kappa shape index (κ3) is 1.58. The molecule has 1 aromatic heterocycles. The largest absolute Gasteiger partial charge is 0.278 e. The van der Waals surface area contributed by atoms with Gasteiger partial charge >= 0.3 is 0 Å². The van der Waals surface area contributed by atoms with Gasteiger partial charge in [0.1, 0.15) is 0 Å². The van der Waals surface area contributed by atoms with E-state index in [-0.39, 0.29) is 0 Å². The van der Waals surface area contributed by atoms with Crippen LogP contribution in [0, 0.1) is 0 Å². The maximum Gasteiger partial charge on any atom is 0.0653 e. The van der Waals surface area contributed by atoms with Crippen molar-refractivity contribution in [2.24, 2.45) is 0 Å². The van der Waals surface area contributed by atoms with Crippen molar-refractivity contribution in [3.05, 3.63) is 42.1 Å². The molecular formula is C10H9ClN2. The van der Waals surface area contributed by atoms with Gasteiger partial charge in [-0.05, 0) is 11.6 Å². The Kier molecular flexibility index (Phi) is 2.32. The first-order valence-electron chi connectivity index (χ1n) is 4.05. The normalized spacial score (nSPS) is 10.2. The van der Waals surface area contributed by atoms with Gasteiger partial charge in [-0.3, -0.25) is 5.10 Å². The third-order valence-electron chi connectivity index (χ3n) is 1.95. The smallest absolute Gasteiger partial charge is 0.0653 e. The molecule has 3 heteroatoms. The lowest BCUT2D eigenvalue weighted by Crippen LogP contribution is -1.85. The second-order valence-electron chi connectivity index (χ2n) is 2.76. The van der Waals surface area contributed by atoms with Crippen LogP contribution in [0.1, 0.15) is 5.56 Å². The molecule has 0 saturated heterocycles. The average molecular weight is 193 g/mol. The van der Waals surface area contributed by atoms with Crippen LogP contribution in [0.25, 0.3) is 11.3 Å². The van der Waals surface area contributed by atoms with Crippen molar-refractivity contribution in [3.8, 4) is 11.3 Å². The zero-order chi connectivity index (χ0) is 9.10. The number of rotatable bonds is 2. The Morgan fingerprint density at radius 2 is 2.08 bits per heavy atom. The first-order chi connectivity index (χ1) is 6.42. The molecule has 0 unspecified atom stereocenters. The predicted octanol–water partition coefficient (Wildman–Crippen LogP) is 2.82. The van der Waals surface area contributed by atoms with Gasteiger partial charge in [0.15, 0.2) is 0 Å². The molecule has 66 valence electrons. The molecule has 0 saturated carbocycles. The van der Waals surface area contributed by atoms with E-state index in [9.17, 15) is 0 Å². The van der Waals surface area contributed by atoms with Crippen molar-refractivity contribution < 1.29 is 0 Å². The highest BCUT2D eigenvalue weighted by Crippen LogP contribution is 2.22. The number of nitrogens with zero attached hydrogens (tertiary/aromatic N) is 1. The van der Waals surface area contributed by atoms with Crippen molar-refractivity contribution in [1.29, 1.82) is 0 Å². The van der Waals surface area contributed by atoms with Gasteiger partial charge < -0.3 is 0 Å². The molecule has 2 nitrogen and oxygen atoms in total. The third-order valence-corrected chi connectivity index (χ3v) is 2.24. The molecule has 0 bridgehead atoms. The molecular weight excluding hydrogens is 184 g/mol. The Hall–Kier alpha value is -1.28. The molecule has 0 amide bonds. The summed E-state index contributed by atoms with van der Waals surface area (Å²) in [5, 5.41) is 6.83. The topological polar surface area (TPSA) is 28.7 Å². The summed E-state index contributed by atoms with van der Waals surface area (Å²) in [4.78, 5) is 0. The Morgan fingerprint density at radius 1 is 1.23 bits per heavy atom. The Labute approximate surface area is 81.6 Å². The highest BCUT2D eigenvalue weighted by atomic mass is 35.5. The highest BCUT2D eigenvalue weighted by Gasteiger charge is 2.03. The van der Waals surface area contributed by atoms with Crippen LogP contribution < -0.4 is 0 Å². The first kappa shape index (κ1) is 8.32. The van der Waals surface area contributed by atoms with Gasteiger partial charge in [-0.1, -0.05) is 24.3 Å². The van der Waals surface area contributed by atoms with Crippen LogP contribution >= 0.6 is 11.6 Å². The van der Waals surface area contributed by atoms with Crippen LogP contribution in [0.3, 0.4) is 0 Å². The summed E-state index contributed by atoms with van der Waals surface area (Å²) >= 11 is 5.81. The monoisotopic (exact) mass is 192 g/mol. The zero-order valence-electron chi connectivity index (χ0n) is 7.00. The van der Waals surface area contributed by atoms with Gasteiger partial charge in [0.25, 0.3) is 0 Å². The van der Waals surface area contributed by atoms with Crippen molar-refractivity contribution in [3.63, 3.8) is 0 Å². The van der Waals surface area contributed by atoms with Gasteiger partial charge in [0, 0.05) is 17.6 Å². The Balaban J connectivity index is 2.51. The second kappa shape index (κ2) is 3.62. The summed E-state index contributed by atoms with van der Waals surface area (Å²) in [5.41, 5.74) is 3.25. The molecule has 13 heavy (non-hydrogen) atoms. The molecule has 0 atom stereocenters. The summed E-state index contributed by atoms with van der Waals surface area (Å²) < 4.78 is 0. The van der Waals surface area contributed by atoms with Gasteiger partial charge in [0.2, 0.25) is 0 Å². The molecule has 0 spiro atoms. The summed E-state index contributed by atoms with van der Waals surface area (Å²) in [5.74, 6) is 0.523. The number of alkyl halides is 1. The van der Waals surface area contributed by atoms with Crippen LogP contribution in [-0.4, -0.2) is 10.2 Å². The van der Waals surface area contributed by atoms with Crippen LogP contribution in [-0.2, 0) is 5.88 Å². The minimum Gasteiger partial charge on any atom is -0.278 e. The highest BCUT2D eigenvalue weighted by molar-refractivity contribution is 6.17. The number of benzene rings is 1. The van der Waals surface area contributed by atoms with E-state index in [0.29, 0.717) is 5.88 Å². The fourth-order valence-electron chi connectivity index (χ4n) is 1.31. The number of aromatic nitrogens is 2. The standard InChI is InChI=1S/C10H9ClN2/c11-7-8-3-1-2-4-9(8)10-5-6-12-13-10/h1-6H,7H2,(H,12,13). The lowest BCUT2D eigenvalue weighted by atomic mass is 10.1. The number of H-pyrrole nitrogens is 1. The van der Waals surface area contributed by atoms with Crippen LogP contribution in [0.2, 0.25) is 0 Å². The van der Waals surface area contributed by atoms with E-state index < -0.39 is 0 Å². The summed E-state index contributed by atoms with van der Waals surface area (Å²) in [6.07, 6.45) is 1.74. The van der Waals surface area contributed by atoms with E-state index in [2.05, 4.69) is 10.2 Å². The SMILES string of the molecule is ClCc1ccccc1-c1ccn[nH]1. The fourth-order valence-corrected chi connectivity index (χ4v) is 1.54. The van der Waals surface area contributed by atoms with E-state index in [1.54, 1.807) is 6.20 Å². The number of hydrogen-bond donors (Lipinski definition) is 1. The summed E-state index contributed by atoms with van der Waals surface area (Å²) in [7, 11) is 0. The average Bonchev–Trinajstić information content (AvgIpc) is 2.70. The lowest BCUT2D eigenvalue weighted by molar-refractivity contribution is 1.09. The summed E-state index contributed by atoms with van der Waals surface area (Å²) in [6, 6.07) is 9.96. The van der Waals surface area contributed by atoms with Crippen molar-refractivity contribution >= 4 is 11.6 Å². The predicted molar refractivity (Wildman–Crippen MR) is 53.6 cm³/mol. The number of halogens is 1. The molecule has 0 aliphatic rings. The number of hydrogen-bond acceptors (Lipinski definition) is 1. The molecule has 0 radical (unpaired) electrons. The maximum atomic E-state index is 5.81. The molecule has 0 aliphatic carbocycles. The minimum atomic E-state index is 0.523. The number of nitrogens with one attached hydrogen (secondary N) is 1. The molecule has 0 aliphatic heterocycles. The van der Waals surface area contributed by atoms with Crippen LogP contribution in [0.4, 0.5) is 0 Å². The molecule has 1 N–H and O–H groups in total. The van der Waals surface area contributed by atoms with E-state index in [4.69, 9.17) is 11.6 Å². The van der Waals surface area contributed by atoms with Crippen LogP contribution in [0.5, 0.6) is 0 Å². The molecule has 1 heterocycles. The van der Waals surface area contributed by atoms with Crippen molar-refractivity contribution in [1.82, 2.24) is 10.2 Å². The van der Waals surface area contributed by atoms with Gasteiger partial charge in [-0.2, -0.15) is 5.10 Å². The Morgan fingerprint density at radius 3 is 2.77 bits per heavy atom. The fraction of sp³-hybridized carbons (Fsp3) is 0.100. The van der Waals surface area contributed by atoms with Gasteiger partial charge in [-0.15, -0.1) is 11.6 Å². The zero-order valence-corrected chi connectivity index (χ0v) is 7.75. The quantitative estimate of drug-likeness (QED) is 0.729. The van der Waals surface area contributed by atoms with E-state index in [1.807, 2.05) is 30.3 Å². The molecule has 0 fully saturated rings. The van der Waals surface area contributed by atoms with Crippen LogP contribution in [0.15, 0.2) is 36.5 Å². The minimum absolute atomic E-state index is 0.523. The summed E-state index contributed by atoms with van der Waals surface area (Å²) in [6.45, 7) is 0. The van der Waals surface area contributed by atoms with E-state index in [1.165, 1.54) is 0 Å². The molecule has 2 rings (SSSR count). The molecule has 2 aromatic rings. The van der Waals surface area contributed by atoms with Gasteiger partial charge in [-0.25, -0.2) is 0 Å². The maximum absolute atomic E-state index is 5.81. The Bertz CT molecular complexity index is 382. The second-order valence-corrected chi connectivity index (χ2v) is 3.03. The van der Waals surface area contributed by atoms with Crippen molar-refractivity contribution in [2.45, 2.75) is 5.88 Å². The van der Waals surface area contributed by atoms with E-state index in [0.717, 1.165) is 16.8 Å². The van der Waals surface area contributed by atoms with E-state index >= 15 is 0 Å². The molecule has 1 aromatic carbocycles. The van der Waals surface area contributed by atoms with Gasteiger partial charge in [0.05, 0.1) is 5.69 Å².